The first kappa shape index (κ1) is 29.9. The van der Waals surface area contributed by atoms with Crippen LogP contribution in [0.3, 0.4) is 0 Å². The van der Waals surface area contributed by atoms with Crippen molar-refractivity contribution in [2.24, 2.45) is 5.73 Å². The van der Waals surface area contributed by atoms with Gasteiger partial charge in [0.15, 0.2) is 0 Å². The predicted molar refractivity (Wildman–Crippen MR) is 160 cm³/mol. The Kier molecular flexibility index (Phi) is 17.3. The third-order valence-corrected chi connectivity index (χ3v) is 6.53. The van der Waals surface area contributed by atoms with E-state index in [0.29, 0.717) is 6.71 Å². The highest BCUT2D eigenvalue weighted by atomic mass is 16.5. The second kappa shape index (κ2) is 20.8. The molecular formula is C33H48BNO. The van der Waals surface area contributed by atoms with Crippen LogP contribution in [-0.2, 0) is 4.74 Å². The van der Waals surface area contributed by atoms with E-state index in [-0.39, 0.29) is 0 Å². The van der Waals surface area contributed by atoms with E-state index in [1.807, 2.05) is 0 Å². The number of hydrogen-bond acceptors (Lipinski definition) is 2. The molecule has 3 heteroatoms. The Labute approximate surface area is 221 Å². The molecule has 0 unspecified atom stereocenters. The molecule has 3 aromatic rings. The zero-order valence-electron chi connectivity index (χ0n) is 22.6. The van der Waals surface area contributed by atoms with E-state index in [0.717, 1.165) is 26.2 Å². The molecular weight excluding hydrogens is 437 g/mol. The van der Waals surface area contributed by atoms with Crippen LogP contribution < -0.4 is 22.1 Å². The minimum absolute atomic E-state index is 0.309. The molecule has 2 nitrogen and oxygen atoms in total. The summed E-state index contributed by atoms with van der Waals surface area (Å²) in [5, 5.41) is 0. The zero-order chi connectivity index (χ0) is 25.5. The fourth-order valence-electron chi connectivity index (χ4n) is 4.49. The molecule has 194 valence electrons. The van der Waals surface area contributed by atoms with Crippen LogP contribution in [0.5, 0.6) is 0 Å². The van der Waals surface area contributed by atoms with E-state index in [9.17, 15) is 0 Å². The molecule has 0 saturated carbocycles. The van der Waals surface area contributed by atoms with Crippen molar-refractivity contribution in [2.45, 2.75) is 77.6 Å². The van der Waals surface area contributed by atoms with E-state index < -0.39 is 0 Å². The van der Waals surface area contributed by atoms with Gasteiger partial charge in [0.25, 0.3) is 0 Å². The molecule has 0 aliphatic heterocycles. The molecule has 36 heavy (non-hydrogen) atoms. The lowest BCUT2D eigenvalue weighted by Gasteiger charge is -2.15. The Balaban J connectivity index is 0.000000256. The van der Waals surface area contributed by atoms with Crippen molar-refractivity contribution in [1.29, 1.82) is 0 Å². The third-order valence-electron chi connectivity index (χ3n) is 6.53. The van der Waals surface area contributed by atoms with Gasteiger partial charge in [-0.3, -0.25) is 0 Å². The number of benzene rings is 3. The first-order valence-corrected chi connectivity index (χ1v) is 14.3. The van der Waals surface area contributed by atoms with Crippen molar-refractivity contribution >= 4 is 23.1 Å². The van der Waals surface area contributed by atoms with Crippen LogP contribution in [0.25, 0.3) is 0 Å². The van der Waals surface area contributed by atoms with E-state index in [1.54, 1.807) is 0 Å². The monoisotopic (exact) mass is 485 g/mol. The van der Waals surface area contributed by atoms with Crippen LogP contribution in [0.1, 0.15) is 77.6 Å². The van der Waals surface area contributed by atoms with Gasteiger partial charge < -0.3 is 10.5 Å². The largest absolute Gasteiger partial charge is 0.381 e. The molecule has 3 rings (SSSR count). The third kappa shape index (κ3) is 13.1. The van der Waals surface area contributed by atoms with Crippen LogP contribution in [0.2, 0.25) is 0 Å². The van der Waals surface area contributed by atoms with E-state index >= 15 is 0 Å². The van der Waals surface area contributed by atoms with Crippen LogP contribution >= 0.6 is 0 Å². The van der Waals surface area contributed by atoms with E-state index in [4.69, 9.17) is 10.5 Å². The van der Waals surface area contributed by atoms with E-state index in [2.05, 4.69) is 97.9 Å². The highest BCUT2D eigenvalue weighted by Gasteiger charge is 2.20. The quantitative estimate of drug-likeness (QED) is 0.176. The molecule has 0 aliphatic rings. The Bertz CT molecular complexity index is 749. The summed E-state index contributed by atoms with van der Waals surface area (Å²) in [6.07, 6.45) is 14.9. The molecule has 0 saturated heterocycles. The molecule has 0 atom stereocenters. The molecule has 0 radical (unpaired) electrons. The van der Waals surface area contributed by atoms with Gasteiger partial charge in [0.05, 0.1) is 0 Å². The van der Waals surface area contributed by atoms with Crippen LogP contribution in [0.15, 0.2) is 91.0 Å². The number of unbranched alkanes of at least 4 members (excludes halogenated alkanes) is 9. The summed E-state index contributed by atoms with van der Waals surface area (Å²) >= 11 is 0. The van der Waals surface area contributed by atoms with Crippen molar-refractivity contribution in [2.75, 3.05) is 19.8 Å². The van der Waals surface area contributed by atoms with Gasteiger partial charge in [-0.1, -0.05) is 172 Å². The summed E-state index contributed by atoms with van der Waals surface area (Å²) in [7, 11) is 0. The fourth-order valence-corrected chi connectivity index (χ4v) is 4.49. The number of rotatable bonds is 17. The van der Waals surface area contributed by atoms with Crippen LogP contribution in [0.4, 0.5) is 0 Å². The average Bonchev–Trinajstić information content (AvgIpc) is 2.94. The maximum atomic E-state index is 5.47. The summed E-state index contributed by atoms with van der Waals surface area (Å²) in [5.41, 5.74) is 9.39. The molecule has 2 N–H and O–H groups in total. The van der Waals surface area contributed by atoms with Crippen LogP contribution in [0, 0.1) is 0 Å². The molecule has 3 aromatic carbocycles. The Morgan fingerprint density at radius 3 is 1.25 bits per heavy atom. The lowest BCUT2D eigenvalue weighted by atomic mass is 9.37. The molecule has 0 spiro atoms. The SMILES string of the molecule is CCCCCCCCCCCCOCCCN.c1ccc(B(c2ccccc2)c2ccccc2)cc1. The van der Waals surface area contributed by atoms with Gasteiger partial charge in [0.1, 0.15) is 0 Å². The molecule has 0 bridgehead atoms. The maximum absolute atomic E-state index is 5.47. The minimum Gasteiger partial charge on any atom is -0.381 e. The van der Waals surface area contributed by atoms with Gasteiger partial charge in [0, 0.05) is 13.2 Å². The molecule has 0 fully saturated rings. The summed E-state index contributed by atoms with van der Waals surface area (Å²) in [4.78, 5) is 0. The standard InChI is InChI=1S/C18H15B.C15H33NO/c1-4-10-16(11-5-1)19(17-12-6-2-7-13-17)18-14-8-3-9-15-18;1-2-3-4-5-6-7-8-9-10-11-14-17-15-12-13-16/h1-15H;2-16H2,1H3. The van der Waals surface area contributed by atoms with Crippen molar-refractivity contribution < 1.29 is 4.74 Å². The summed E-state index contributed by atoms with van der Waals surface area (Å²) in [5.74, 6) is 0. The normalized spacial score (nSPS) is 10.5. The van der Waals surface area contributed by atoms with Crippen molar-refractivity contribution in [1.82, 2.24) is 0 Å². The smallest absolute Gasteiger partial charge is 0.241 e. The average molecular weight is 486 g/mol. The van der Waals surface area contributed by atoms with Gasteiger partial charge in [0.2, 0.25) is 6.71 Å². The molecule has 0 heterocycles. The highest BCUT2D eigenvalue weighted by molar-refractivity contribution is 6.95. The van der Waals surface area contributed by atoms with Crippen LogP contribution in [-0.4, -0.2) is 26.5 Å². The van der Waals surface area contributed by atoms with Gasteiger partial charge in [-0.2, -0.15) is 0 Å². The summed E-state index contributed by atoms with van der Waals surface area (Å²) < 4.78 is 5.47. The van der Waals surface area contributed by atoms with Gasteiger partial charge in [-0.05, 0) is 19.4 Å². The lowest BCUT2D eigenvalue weighted by molar-refractivity contribution is 0.129. The maximum Gasteiger partial charge on any atom is 0.241 e. The van der Waals surface area contributed by atoms with Crippen molar-refractivity contribution in [3.63, 3.8) is 0 Å². The highest BCUT2D eigenvalue weighted by Crippen LogP contribution is 2.10. The van der Waals surface area contributed by atoms with Gasteiger partial charge in [-0.15, -0.1) is 0 Å². The topological polar surface area (TPSA) is 35.2 Å². The molecule has 0 amide bonds. The zero-order valence-corrected chi connectivity index (χ0v) is 22.6. The number of ether oxygens (including phenoxy) is 1. The van der Waals surface area contributed by atoms with Crippen molar-refractivity contribution in [3.05, 3.63) is 91.0 Å². The van der Waals surface area contributed by atoms with E-state index in [1.165, 1.54) is 80.6 Å². The molecule has 0 aliphatic carbocycles. The first-order valence-electron chi connectivity index (χ1n) is 14.3. The second-order valence-corrected chi connectivity index (χ2v) is 9.60. The lowest BCUT2D eigenvalue weighted by Crippen LogP contribution is -2.51. The predicted octanol–water partition coefficient (Wildman–Crippen LogP) is 6.48. The Morgan fingerprint density at radius 1 is 0.500 bits per heavy atom. The Hall–Kier alpha value is -2.36. The minimum atomic E-state index is 0.309. The number of hydrogen-bond donors (Lipinski definition) is 1. The van der Waals surface area contributed by atoms with Gasteiger partial charge >= 0.3 is 0 Å². The molecule has 0 aromatic heterocycles. The summed E-state index contributed by atoms with van der Waals surface area (Å²) in [6, 6.07) is 32.0. The first-order chi connectivity index (χ1) is 17.9. The van der Waals surface area contributed by atoms with Crippen molar-refractivity contribution in [3.8, 4) is 0 Å². The number of nitrogens with two attached hydrogens (primary N) is 1. The Morgan fingerprint density at radius 2 is 0.861 bits per heavy atom. The summed E-state index contributed by atoms with van der Waals surface area (Å²) in [6.45, 7) is 5.10. The second-order valence-electron chi connectivity index (χ2n) is 9.60. The van der Waals surface area contributed by atoms with Gasteiger partial charge in [-0.25, -0.2) is 0 Å². The fraction of sp³-hybridized carbons (Fsp3) is 0.455.